The van der Waals surface area contributed by atoms with Gasteiger partial charge in [0.1, 0.15) is 12.4 Å². The summed E-state index contributed by atoms with van der Waals surface area (Å²) in [5.41, 5.74) is 3.33. The monoisotopic (exact) mass is 486 g/mol. The Labute approximate surface area is 186 Å². The molecule has 1 heterocycles. The Morgan fingerprint density at radius 1 is 1.13 bits per heavy atom. The third-order valence-corrected chi connectivity index (χ3v) is 5.83. The number of rotatable bonds is 2. The number of hydrogen-bond donors (Lipinski definition) is 1. The fourth-order valence-electron chi connectivity index (χ4n) is 3.64. The lowest BCUT2D eigenvalue weighted by molar-refractivity contribution is -0.117. The van der Waals surface area contributed by atoms with E-state index in [1.54, 1.807) is 30.3 Å². The highest BCUT2D eigenvalue weighted by molar-refractivity contribution is 9.10. The molecule has 30 heavy (non-hydrogen) atoms. The van der Waals surface area contributed by atoms with Crippen molar-refractivity contribution in [3.05, 3.63) is 98.2 Å². The summed E-state index contributed by atoms with van der Waals surface area (Å²) in [6.07, 6.45) is 0. The van der Waals surface area contributed by atoms with Crippen molar-refractivity contribution in [2.45, 2.75) is 13.0 Å². The maximum atomic E-state index is 13.6. The van der Waals surface area contributed by atoms with Gasteiger partial charge in [-0.1, -0.05) is 57.4 Å². The van der Waals surface area contributed by atoms with Gasteiger partial charge in [0, 0.05) is 15.7 Å². The minimum Gasteiger partial charge on any atom is -0.324 e. The summed E-state index contributed by atoms with van der Waals surface area (Å²) in [5.74, 6) is -1.08. The molecule has 0 saturated carbocycles. The first-order valence-electron chi connectivity index (χ1n) is 9.25. The molecule has 152 valence electrons. The molecule has 0 radical (unpaired) electrons. The van der Waals surface area contributed by atoms with E-state index in [2.05, 4.69) is 21.2 Å². The van der Waals surface area contributed by atoms with Crippen molar-refractivity contribution in [3.63, 3.8) is 0 Å². The summed E-state index contributed by atoms with van der Waals surface area (Å²) >= 11 is 9.68. The van der Waals surface area contributed by atoms with Gasteiger partial charge in [0.2, 0.25) is 5.91 Å². The van der Waals surface area contributed by atoms with Crippen LogP contribution in [-0.2, 0) is 4.79 Å². The number of amides is 2. The molecule has 3 aromatic rings. The summed E-state index contributed by atoms with van der Waals surface area (Å²) in [7, 11) is 0. The highest BCUT2D eigenvalue weighted by atomic mass is 79.9. The second-order valence-electron chi connectivity index (χ2n) is 7.15. The Kier molecular flexibility index (Phi) is 5.62. The fraction of sp³-hybridized carbons (Fsp3) is 0.130. The van der Waals surface area contributed by atoms with Crippen LogP contribution < -0.4 is 5.32 Å². The van der Waals surface area contributed by atoms with E-state index >= 15 is 0 Å². The van der Waals surface area contributed by atoms with Crippen LogP contribution in [0.2, 0.25) is 5.02 Å². The first-order valence-corrected chi connectivity index (χ1v) is 10.4. The van der Waals surface area contributed by atoms with Gasteiger partial charge in [-0.05, 0) is 48.9 Å². The van der Waals surface area contributed by atoms with Gasteiger partial charge in [-0.2, -0.15) is 0 Å². The molecule has 4 nitrogen and oxygen atoms in total. The Balaban J connectivity index is 1.92. The Hall–Kier alpha value is -2.70. The molecule has 0 bridgehead atoms. The molecule has 1 aliphatic heterocycles. The molecule has 4 rings (SSSR count). The van der Waals surface area contributed by atoms with Gasteiger partial charge in [-0.15, -0.1) is 0 Å². The van der Waals surface area contributed by atoms with E-state index in [1.807, 2.05) is 25.1 Å². The van der Waals surface area contributed by atoms with Gasteiger partial charge in [-0.25, -0.2) is 4.39 Å². The van der Waals surface area contributed by atoms with Gasteiger partial charge in [-0.3, -0.25) is 9.59 Å². The van der Waals surface area contributed by atoms with E-state index in [-0.39, 0.29) is 34.8 Å². The van der Waals surface area contributed by atoms with Crippen LogP contribution in [0.15, 0.2) is 65.1 Å². The van der Waals surface area contributed by atoms with Crippen LogP contribution in [0.1, 0.15) is 33.1 Å². The maximum absolute atomic E-state index is 13.6. The molecule has 3 aromatic carbocycles. The first-order chi connectivity index (χ1) is 14.3. The van der Waals surface area contributed by atoms with Crippen molar-refractivity contribution in [1.82, 2.24) is 4.90 Å². The van der Waals surface area contributed by atoms with Crippen molar-refractivity contribution in [1.29, 1.82) is 0 Å². The molecule has 1 atom stereocenters. The minimum absolute atomic E-state index is 0.169. The lowest BCUT2D eigenvalue weighted by atomic mass is 9.94. The molecule has 0 fully saturated rings. The zero-order valence-corrected chi connectivity index (χ0v) is 18.3. The van der Waals surface area contributed by atoms with E-state index in [0.717, 1.165) is 11.1 Å². The van der Waals surface area contributed by atoms with Gasteiger partial charge >= 0.3 is 0 Å². The van der Waals surface area contributed by atoms with Crippen LogP contribution >= 0.6 is 27.5 Å². The SMILES string of the molecule is Cc1ccc2c(c1)[C@H](c1ccc(F)cc1)N(C(=O)c1cc(Br)ccc1Cl)CC(=O)N2. The highest BCUT2D eigenvalue weighted by Crippen LogP contribution is 2.38. The third kappa shape index (κ3) is 3.98. The molecular formula is C23H17BrClFN2O2. The number of benzene rings is 3. The number of halogens is 3. The number of aryl methyl sites for hydroxylation is 1. The second-order valence-corrected chi connectivity index (χ2v) is 8.47. The largest absolute Gasteiger partial charge is 0.324 e. The lowest BCUT2D eigenvalue weighted by Gasteiger charge is -2.31. The molecule has 2 amide bonds. The fourth-order valence-corrected chi connectivity index (χ4v) is 4.20. The number of nitrogens with one attached hydrogen (secondary N) is 1. The van der Waals surface area contributed by atoms with Gasteiger partial charge in [0.25, 0.3) is 5.91 Å². The summed E-state index contributed by atoms with van der Waals surface area (Å²) in [4.78, 5) is 27.7. The maximum Gasteiger partial charge on any atom is 0.256 e. The third-order valence-electron chi connectivity index (χ3n) is 5.01. The van der Waals surface area contributed by atoms with Crippen LogP contribution in [0.25, 0.3) is 0 Å². The topological polar surface area (TPSA) is 49.4 Å². The van der Waals surface area contributed by atoms with E-state index < -0.39 is 6.04 Å². The number of hydrogen-bond acceptors (Lipinski definition) is 2. The predicted molar refractivity (Wildman–Crippen MR) is 118 cm³/mol. The zero-order valence-electron chi connectivity index (χ0n) is 16.0. The highest BCUT2D eigenvalue weighted by Gasteiger charge is 2.34. The van der Waals surface area contributed by atoms with Crippen LogP contribution in [0.5, 0.6) is 0 Å². The number of carbonyl (C=O) groups excluding carboxylic acids is 2. The van der Waals surface area contributed by atoms with E-state index in [0.29, 0.717) is 15.7 Å². The average molecular weight is 488 g/mol. The van der Waals surface area contributed by atoms with Crippen LogP contribution in [0.3, 0.4) is 0 Å². The smallest absolute Gasteiger partial charge is 0.256 e. The Morgan fingerprint density at radius 3 is 2.60 bits per heavy atom. The zero-order chi connectivity index (χ0) is 21.4. The summed E-state index contributed by atoms with van der Waals surface area (Å²) in [5, 5.41) is 3.16. The summed E-state index contributed by atoms with van der Waals surface area (Å²) in [6.45, 7) is 1.77. The van der Waals surface area contributed by atoms with Gasteiger partial charge in [0.15, 0.2) is 0 Å². The average Bonchev–Trinajstić information content (AvgIpc) is 2.85. The summed E-state index contributed by atoms with van der Waals surface area (Å²) in [6, 6.07) is 16.0. The Morgan fingerprint density at radius 2 is 1.87 bits per heavy atom. The van der Waals surface area contributed by atoms with E-state index in [9.17, 15) is 14.0 Å². The molecule has 1 N–H and O–H groups in total. The van der Waals surface area contributed by atoms with E-state index in [1.165, 1.54) is 17.0 Å². The Bertz CT molecular complexity index is 1150. The number of fused-ring (bicyclic) bond motifs is 1. The molecule has 0 unspecified atom stereocenters. The molecule has 0 aliphatic carbocycles. The number of carbonyl (C=O) groups is 2. The van der Waals surface area contributed by atoms with Crippen molar-refractivity contribution in [3.8, 4) is 0 Å². The molecule has 7 heteroatoms. The van der Waals surface area contributed by atoms with Gasteiger partial charge < -0.3 is 10.2 Å². The molecule has 0 aromatic heterocycles. The standard InChI is InChI=1S/C23H17BrClFN2O2/c1-13-2-9-20-18(10-13)22(14-3-6-16(26)7-4-14)28(12-21(29)27-20)23(30)17-11-15(24)5-8-19(17)25/h2-11,22H,12H2,1H3,(H,27,29)/t22-/m0/s1. The van der Waals surface area contributed by atoms with E-state index in [4.69, 9.17) is 11.6 Å². The lowest BCUT2D eigenvalue weighted by Crippen LogP contribution is -2.39. The van der Waals surface area contributed by atoms with Crippen LogP contribution in [0, 0.1) is 12.7 Å². The number of anilines is 1. The van der Waals surface area contributed by atoms with Crippen LogP contribution in [0.4, 0.5) is 10.1 Å². The quantitative estimate of drug-likeness (QED) is 0.501. The second kappa shape index (κ2) is 8.20. The molecule has 0 saturated heterocycles. The van der Waals surface area contributed by atoms with Crippen molar-refractivity contribution < 1.29 is 14.0 Å². The number of nitrogens with zero attached hydrogens (tertiary/aromatic N) is 1. The molecule has 1 aliphatic rings. The van der Waals surface area contributed by atoms with Crippen LogP contribution in [-0.4, -0.2) is 23.3 Å². The summed E-state index contributed by atoms with van der Waals surface area (Å²) < 4.78 is 14.3. The molecule has 0 spiro atoms. The first kappa shape index (κ1) is 20.6. The minimum atomic E-state index is -0.595. The predicted octanol–water partition coefficient (Wildman–Crippen LogP) is 5.73. The molecular weight excluding hydrogens is 471 g/mol. The van der Waals surface area contributed by atoms with Crippen molar-refractivity contribution in [2.75, 3.05) is 11.9 Å². The van der Waals surface area contributed by atoms with Crippen molar-refractivity contribution in [2.24, 2.45) is 0 Å². The van der Waals surface area contributed by atoms with Crippen molar-refractivity contribution >= 4 is 45.0 Å². The van der Waals surface area contributed by atoms with Gasteiger partial charge in [0.05, 0.1) is 16.6 Å². The normalized spacial score (nSPS) is 15.9.